The van der Waals surface area contributed by atoms with E-state index in [2.05, 4.69) is 28.0 Å². The van der Waals surface area contributed by atoms with Crippen molar-refractivity contribution in [2.24, 2.45) is 5.92 Å². The SMILES string of the molecule is CCC1CCCC(Nc2nccn2CCCOC)C1. The van der Waals surface area contributed by atoms with E-state index in [1.807, 2.05) is 6.20 Å². The van der Waals surface area contributed by atoms with Crippen LogP contribution in [-0.2, 0) is 11.3 Å². The Hall–Kier alpha value is -1.03. The van der Waals surface area contributed by atoms with Crippen molar-refractivity contribution < 1.29 is 4.74 Å². The molecule has 2 atom stereocenters. The molecule has 1 aliphatic rings. The zero-order chi connectivity index (χ0) is 13.5. The van der Waals surface area contributed by atoms with E-state index in [-0.39, 0.29) is 0 Å². The normalized spacial score (nSPS) is 23.5. The summed E-state index contributed by atoms with van der Waals surface area (Å²) in [5, 5.41) is 3.63. The van der Waals surface area contributed by atoms with Crippen LogP contribution in [0.1, 0.15) is 45.4 Å². The molecule has 19 heavy (non-hydrogen) atoms. The van der Waals surface area contributed by atoms with E-state index in [9.17, 15) is 0 Å². The van der Waals surface area contributed by atoms with E-state index in [1.54, 1.807) is 7.11 Å². The second-order valence-corrected chi connectivity index (χ2v) is 5.57. The predicted molar refractivity (Wildman–Crippen MR) is 78.4 cm³/mol. The van der Waals surface area contributed by atoms with Gasteiger partial charge in [-0.2, -0.15) is 0 Å². The van der Waals surface area contributed by atoms with E-state index in [0.717, 1.165) is 31.4 Å². The van der Waals surface area contributed by atoms with Crippen LogP contribution in [0.3, 0.4) is 0 Å². The quantitative estimate of drug-likeness (QED) is 0.769. The number of anilines is 1. The van der Waals surface area contributed by atoms with Crippen molar-refractivity contribution in [1.29, 1.82) is 0 Å². The monoisotopic (exact) mass is 265 g/mol. The third-order valence-electron chi connectivity index (χ3n) is 4.16. The molecule has 1 aromatic heterocycles. The maximum atomic E-state index is 5.10. The van der Waals surface area contributed by atoms with Crippen molar-refractivity contribution in [3.63, 3.8) is 0 Å². The van der Waals surface area contributed by atoms with Gasteiger partial charge < -0.3 is 14.6 Å². The van der Waals surface area contributed by atoms with Crippen molar-refractivity contribution in [2.75, 3.05) is 19.0 Å². The summed E-state index contributed by atoms with van der Waals surface area (Å²) in [6.07, 6.45) is 11.6. The first-order valence-electron chi connectivity index (χ1n) is 7.60. The highest BCUT2D eigenvalue weighted by atomic mass is 16.5. The van der Waals surface area contributed by atoms with Gasteiger partial charge in [-0.05, 0) is 25.2 Å². The van der Waals surface area contributed by atoms with Gasteiger partial charge in [0.2, 0.25) is 5.95 Å². The Kier molecular flexibility index (Phi) is 5.70. The average Bonchev–Trinajstić information content (AvgIpc) is 2.87. The molecule has 0 radical (unpaired) electrons. The van der Waals surface area contributed by atoms with Crippen LogP contribution in [-0.4, -0.2) is 29.3 Å². The third-order valence-corrected chi connectivity index (χ3v) is 4.16. The summed E-state index contributed by atoms with van der Waals surface area (Å²) in [5.41, 5.74) is 0. The minimum Gasteiger partial charge on any atom is -0.385 e. The van der Waals surface area contributed by atoms with Crippen molar-refractivity contribution in [1.82, 2.24) is 9.55 Å². The fourth-order valence-electron chi connectivity index (χ4n) is 2.98. The molecule has 0 aliphatic heterocycles. The fraction of sp³-hybridized carbons (Fsp3) is 0.800. The Morgan fingerprint density at radius 1 is 1.47 bits per heavy atom. The molecule has 1 aliphatic carbocycles. The highest BCUT2D eigenvalue weighted by Crippen LogP contribution is 2.28. The van der Waals surface area contributed by atoms with Crippen LogP contribution in [0.15, 0.2) is 12.4 Å². The highest BCUT2D eigenvalue weighted by molar-refractivity contribution is 5.27. The molecule has 1 aromatic rings. The second-order valence-electron chi connectivity index (χ2n) is 5.57. The zero-order valence-corrected chi connectivity index (χ0v) is 12.3. The highest BCUT2D eigenvalue weighted by Gasteiger charge is 2.21. The largest absolute Gasteiger partial charge is 0.385 e. The molecule has 0 aromatic carbocycles. The van der Waals surface area contributed by atoms with Gasteiger partial charge >= 0.3 is 0 Å². The molecule has 4 heteroatoms. The van der Waals surface area contributed by atoms with Gasteiger partial charge in [0, 0.05) is 38.7 Å². The van der Waals surface area contributed by atoms with E-state index in [1.165, 1.54) is 32.1 Å². The van der Waals surface area contributed by atoms with E-state index in [0.29, 0.717) is 6.04 Å². The zero-order valence-electron chi connectivity index (χ0n) is 12.3. The van der Waals surface area contributed by atoms with Gasteiger partial charge in [-0.1, -0.05) is 26.2 Å². The van der Waals surface area contributed by atoms with Gasteiger partial charge in [0.25, 0.3) is 0 Å². The molecule has 0 bridgehead atoms. The summed E-state index contributed by atoms with van der Waals surface area (Å²) in [7, 11) is 1.75. The molecule has 0 saturated heterocycles. The number of imidazole rings is 1. The summed E-state index contributed by atoms with van der Waals surface area (Å²) < 4.78 is 7.31. The topological polar surface area (TPSA) is 39.1 Å². The van der Waals surface area contributed by atoms with Crippen molar-refractivity contribution >= 4 is 5.95 Å². The van der Waals surface area contributed by atoms with Crippen LogP contribution >= 0.6 is 0 Å². The van der Waals surface area contributed by atoms with E-state index in [4.69, 9.17) is 4.74 Å². The van der Waals surface area contributed by atoms with Gasteiger partial charge in [0.15, 0.2) is 0 Å². The van der Waals surface area contributed by atoms with E-state index < -0.39 is 0 Å². The number of hydrogen-bond acceptors (Lipinski definition) is 3. The number of aromatic nitrogens is 2. The Labute approximate surface area is 116 Å². The summed E-state index contributed by atoms with van der Waals surface area (Å²) in [4.78, 5) is 4.45. The van der Waals surface area contributed by atoms with Crippen LogP contribution < -0.4 is 5.32 Å². The van der Waals surface area contributed by atoms with Gasteiger partial charge in [0.05, 0.1) is 0 Å². The molecule has 1 fully saturated rings. The lowest BCUT2D eigenvalue weighted by Crippen LogP contribution is -2.28. The molecule has 2 unspecified atom stereocenters. The smallest absolute Gasteiger partial charge is 0.202 e. The lowest BCUT2D eigenvalue weighted by molar-refractivity contribution is 0.190. The lowest BCUT2D eigenvalue weighted by Gasteiger charge is -2.29. The van der Waals surface area contributed by atoms with E-state index >= 15 is 0 Å². The number of nitrogens with one attached hydrogen (secondary N) is 1. The summed E-state index contributed by atoms with van der Waals surface area (Å²) in [6, 6.07) is 0.599. The van der Waals surface area contributed by atoms with Crippen LogP contribution in [0.4, 0.5) is 5.95 Å². The number of aryl methyl sites for hydroxylation is 1. The first kappa shape index (κ1) is 14.4. The number of rotatable bonds is 7. The third kappa shape index (κ3) is 4.23. The molecule has 4 nitrogen and oxygen atoms in total. The van der Waals surface area contributed by atoms with Gasteiger partial charge in [-0.15, -0.1) is 0 Å². The van der Waals surface area contributed by atoms with Gasteiger partial charge in [-0.25, -0.2) is 4.98 Å². The van der Waals surface area contributed by atoms with Crippen LogP contribution in [0, 0.1) is 5.92 Å². The van der Waals surface area contributed by atoms with Crippen LogP contribution in [0.5, 0.6) is 0 Å². The Bertz CT molecular complexity index is 364. The number of methoxy groups -OCH3 is 1. The minimum atomic E-state index is 0.599. The fourth-order valence-corrected chi connectivity index (χ4v) is 2.98. The summed E-state index contributed by atoms with van der Waals surface area (Å²) >= 11 is 0. The van der Waals surface area contributed by atoms with Crippen molar-refractivity contribution in [3.05, 3.63) is 12.4 Å². The number of nitrogens with zero attached hydrogens (tertiary/aromatic N) is 2. The first-order valence-corrected chi connectivity index (χ1v) is 7.60. The molecule has 2 rings (SSSR count). The maximum absolute atomic E-state index is 5.10. The first-order chi connectivity index (χ1) is 9.33. The molecule has 1 N–H and O–H groups in total. The Morgan fingerprint density at radius 3 is 3.16 bits per heavy atom. The maximum Gasteiger partial charge on any atom is 0.202 e. The van der Waals surface area contributed by atoms with Crippen LogP contribution in [0.2, 0.25) is 0 Å². The second kappa shape index (κ2) is 7.53. The number of ether oxygens (including phenoxy) is 1. The van der Waals surface area contributed by atoms with Gasteiger partial charge in [-0.3, -0.25) is 0 Å². The number of hydrogen-bond donors (Lipinski definition) is 1. The van der Waals surface area contributed by atoms with Crippen molar-refractivity contribution in [2.45, 2.75) is 58.0 Å². The molecule has 1 heterocycles. The Balaban J connectivity index is 1.86. The summed E-state index contributed by atoms with van der Waals surface area (Å²) in [6.45, 7) is 4.08. The predicted octanol–water partition coefficient (Wildman–Crippen LogP) is 3.30. The average molecular weight is 265 g/mol. The van der Waals surface area contributed by atoms with Gasteiger partial charge in [0.1, 0.15) is 0 Å². The van der Waals surface area contributed by atoms with Crippen LogP contribution in [0.25, 0.3) is 0 Å². The standard InChI is InChI=1S/C15H27N3O/c1-3-13-6-4-7-14(12-13)17-15-16-8-10-18(15)9-5-11-19-2/h8,10,13-14H,3-7,9,11-12H2,1-2H3,(H,16,17). The molecule has 0 amide bonds. The Morgan fingerprint density at radius 2 is 2.37 bits per heavy atom. The molecular formula is C15H27N3O. The lowest BCUT2D eigenvalue weighted by atomic mass is 9.84. The molecular weight excluding hydrogens is 238 g/mol. The molecule has 0 spiro atoms. The summed E-state index contributed by atoms with van der Waals surface area (Å²) in [5.74, 6) is 1.92. The molecule has 108 valence electrons. The molecule has 1 saturated carbocycles. The minimum absolute atomic E-state index is 0.599. The van der Waals surface area contributed by atoms with Crippen molar-refractivity contribution in [3.8, 4) is 0 Å².